The zero-order valence-electron chi connectivity index (χ0n) is 11.6. The molecule has 0 spiro atoms. The van der Waals surface area contributed by atoms with Gasteiger partial charge >= 0.3 is 5.97 Å². The van der Waals surface area contributed by atoms with E-state index in [1.807, 2.05) is 19.9 Å². The van der Waals surface area contributed by atoms with Crippen LogP contribution in [0.4, 0.5) is 5.95 Å². The van der Waals surface area contributed by atoms with Gasteiger partial charge < -0.3 is 10.0 Å². The molecule has 1 aliphatic heterocycles. The lowest BCUT2D eigenvalue weighted by atomic mass is 9.75. The van der Waals surface area contributed by atoms with Crippen molar-refractivity contribution < 1.29 is 9.90 Å². The first-order valence-corrected chi connectivity index (χ1v) is 6.85. The lowest BCUT2D eigenvalue weighted by molar-refractivity contribution is -0.150. The van der Waals surface area contributed by atoms with Gasteiger partial charge in [0.2, 0.25) is 5.95 Å². The van der Waals surface area contributed by atoms with Gasteiger partial charge in [0.05, 0.1) is 5.41 Å². The first kappa shape index (κ1) is 13.8. The molecule has 19 heavy (non-hydrogen) atoms. The van der Waals surface area contributed by atoms with Crippen LogP contribution in [0, 0.1) is 12.3 Å². The maximum absolute atomic E-state index is 11.5. The molecule has 2 rings (SSSR count). The van der Waals surface area contributed by atoms with E-state index in [9.17, 15) is 9.90 Å². The van der Waals surface area contributed by atoms with E-state index >= 15 is 0 Å². The molecule has 0 amide bonds. The van der Waals surface area contributed by atoms with Crippen molar-refractivity contribution in [2.75, 3.05) is 18.0 Å². The minimum atomic E-state index is -0.654. The normalized spacial score (nSPS) is 18.3. The molecule has 1 saturated heterocycles. The molecule has 0 bridgehead atoms. The van der Waals surface area contributed by atoms with E-state index in [1.165, 1.54) is 0 Å². The van der Waals surface area contributed by atoms with Crippen LogP contribution >= 0.6 is 0 Å². The number of piperidine rings is 1. The molecule has 5 heteroatoms. The van der Waals surface area contributed by atoms with Crippen LogP contribution in [-0.2, 0) is 4.79 Å². The predicted molar refractivity (Wildman–Crippen MR) is 73.2 cm³/mol. The molecule has 0 unspecified atom stereocenters. The van der Waals surface area contributed by atoms with Crippen molar-refractivity contribution >= 4 is 11.9 Å². The second-order valence-corrected chi connectivity index (χ2v) is 5.32. The molecule has 0 atom stereocenters. The number of hydrogen-bond donors (Lipinski definition) is 1. The third kappa shape index (κ3) is 2.85. The number of carbonyl (C=O) groups is 1. The number of carboxylic acids is 1. The molecule has 0 saturated carbocycles. The van der Waals surface area contributed by atoms with E-state index in [4.69, 9.17) is 0 Å². The van der Waals surface area contributed by atoms with Crippen LogP contribution in [-0.4, -0.2) is 34.1 Å². The van der Waals surface area contributed by atoms with Crippen molar-refractivity contribution in [2.45, 2.75) is 39.5 Å². The molecule has 1 aromatic heterocycles. The van der Waals surface area contributed by atoms with Crippen LogP contribution in [0.15, 0.2) is 12.3 Å². The molecule has 0 aromatic carbocycles. The van der Waals surface area contributed by atoms with Crippen molar-refractivity contribution in [1.82, 2.24) is 9.97 Å². The first-order valence-electron chi connectivity index (χ1n) is 6.85. The lowest BCUT2D eigenvalue weighted by Crippen LogP contribution is -2.45. The van der Waals surface area contributed by atoms with E-state index in [-0.39, 0.29) is 0 Å². The Morgan fingerprint density at radius 2 is 2.16 bits per heavy atom. The lowest BCUT2D eigenvalue weighted by Gasteiger charge is -2.38. The van der Waals surface area contributed by atoms with Crippen molar-refractivity contribution in [3.63, 3.8) is 0 Å². The maximum Gasteiger partial charge on any atom is 0.309 e. The van der Waals surface area contributed by atoms with Crippen LogP contribution in [0.1, 0.15) is 38.3 Å². The van der Waals surface area contributed by atoms with Gasteiger partial charge in [-0.1, -0.05) is 13.3 Å². The fourth-order valence-electron chi connectivity index (χ4n) is 2.77. The summed E-state index contributed by atoms with van der Waals surface area (Å²) in [5, 5.41) is 9.47. The van der Waals surface area contributed by atoms with Crippen LogP contribution < -0.4 is 4.90 Å². The summed E-state index contributed by atoms with van der Waals surface area (Å²) in [7, 11) is 0. The van der Waals surface area contributed by atoms with Gasteiger partial charge in [0.1, 0.15) is 0 Å². The van der Waals surface area contributed by atoms with Gasteiger partial charge in [-0.15, -0.1) is 0 Å². The van der Waals surface area contributed by atoms with Gasteiger partial charge in [0.15, 0.2) is 0 Å². The molecule has 104 valence electrons. The van der Waals surface area contributed by atoms with E-state index in [0.717, 1.165) is 37.6 Å². The Morgan fingerprint density at radius 1 is 1.47 bits per heavy atom. The topological polar surface area (TPSA) is 66.3 Å². The number of hydrogen-bond acceptors (Lipinski definition) is 4. The maximum atomic E-state index is 11.5. The van der Waals surface area contributed by atoms with Gasteiger partial charge in [-0.05, 0) is 32.3 Å². The average Bonchev–Trinajstić information content (AvgIpc) is 2.39. The Hall–Kier alpha value is -1.65. The van der Waals surface area contributed by atoms with Crippen LogP contribution in [0.2, 0.25) is 0 Å². The molecule has 5 nitrogen and oxygen atoms in total. The van der Waals surface area contributed by atoms with E-state index in [2.05, 4.69) is 14.9 Å². The van der Waals surface area contributed by atoms with Gasteiger partial charge in [-0.2, -0.15) is 0 Å². The standard InChI is InChI=1S/C14H21N3O2/c1-3-5-14(12(18)19)6-9-17(10-7-14)13-15-8-4-11(2)16-13/h4,8H,3,5-7,9-10H2,1-2H3,(H,18,19). The molecule has 1 N–H and O–H groups in total. The Kier molecular flexibility index (Phi) is 4.02. The number of carboxylic acid groups (broad SMARTS) is 1. The Labute approximate surface area is 113 Å². The Bertz CT molecular complexity index is 454. The van der Waals surface area contributed by atoms with Crippen molar-refractivity contribution in [2.24, 2.45) is 5.41 Å². The molecule has 2 heterocycles. The largest absolute Gasteiger partial charge is 0.481 e. The second-order valence-electron chi connectivity index (χ2n) is 5.32. The van der Waals surface area contributed by atoms with Crippen LogP contribution in [0.3, 0.4) is 0 Å². The van der Waals surface area contributed by atoms with Crippen molar-refractivity contribution in [3.05, 3.63) is 18.0 Å². The highest BCUT2D eigenvalue weighted by molar-refractivity contribution is 5.75. The number of anilines is 1. The smallest absolute Gasteiger partial charge is 0.309 e. The SMILES string of the molecule is CCCC1(C(=O)O)CCN(c2nccc(C)n2)CC1. The van der Waals surface area contributed by atoms with E-state index in [1.54, 1.807) is 6.20 Å². The summed E-state index contributed by atoms with van der Waals surface area (Å²) in [4.78, 5) is 22.3. The number of rotatable bonds is 4. The summed E-state index contributed by atoms with van der Waals surface area (Å²) < 4.78 is 0. The third-order valence-corrected chi connectivity index (χ3v) is 3.97. The number of aliphatic carboxylic acids is 1. The highest BCUT2D eigenvalue weighted by Gasteiger charge is 2.41. The quantitative estimate of drug-likeness (QED) is 0.902. The monoisotopic (exact) mass is 263 g/mol. The fourth-order valence-corrected chi connectivity index (χ4v) is 2.77. The summed E-state index contributed by atoms with van der Waals surface area (Å²) in [6.45, 7) is 5.42. The Morgan fingerprint density at radius 3 is 2.68 bits per heavy atom. The first-order chi connectivity index (χ1) is 9.07. The van der Waals surface area contributed by atoms with E-state index in [0.29, 0.717) is 12.8 Å². The Balaban J connectivity index is 2.07. The molecule has 1 fully saturated rings. The molecule has 0 aliphatic carbocycles. The van der Waals surface area contributed by atoms with Crippen LogP contribution in [0.25, 0.3) is 0 Å². The minimum absolute atomic E-state index is 0.547. The summed E-state index contributed by atoms with van der Waals surface area (Å²) in [6.07, 6.45) is 4.77. The molecular weight excluding hydrogens is 242 g/mol. The van der Waals surface area contributed by atoms with Gasteiger partial charge in [0.25, 0.3) is 0 Å². The average molecular weight is 263 g/mol. The third-order valence-electron chi connectivity index (χ3n) is 3.97. The minimum Gasteiger partial charge on any atom is -0.481 e. The summed E-state index contributed by atoms with van der Waals surface area (Å²) in [5.41, 5.74) is 0.392. The summed E-state index contributed by atoms with van der Waals surface area (Å²) in [6, 6.07) is 1.87. The molecule has 0 radical (unpaired) electrons. The highest BCUT2D eigenvalue weighted by atomic mass is 16.4. The number of aryl methyl sites for hydroxylation is 1. The van der Waals surface area contributed by atoms with Gasteiger partial charge in [-0.3, -0.25) is 4.79 Å². The second kappa shape index (κ2) is 5.55. The number of nitrogens with zero attached hydrogens (tertiary/aromatic N) is 3. The number of aromatic nitrogens is 2. The zero-order valence-corrected chi connectivity index (χ0v) is 11.6. The summed E-state index contributed by atoms with van der Waals surface area (Å²) >= 11 is 0. The predicted octanol–water partition coefficient (Wildman–Crippen LogP) is 2.26. The van der Waals surface area contributed by atoms with Gasteiger partial charge in [0, 0.05) is 25.0 Å². The van der Waals surface area contributed by atoms with Crippen LogP contribution in [0.5, 0.6) is 0 Å². The van der Waals surface area contributed by atoms with Crippen molar-refractivity contribution in [1.29, 1.82) is 0 Å². The van der Waals surface area contributed by atoms with Crippen molar-refractivity contribution in [3.8, 4) is 0 Å². The highest BCUT2D eigenvalue weighted by Crippen LogP contribution is 2.37. The summed E-state index contributed by atoms with van der Waals surface area (Å²) in [5.74, 6) is 0.0645. The molecule has 1 aliphatic rings. The van der Waals surface area contributed by atoms with E-state index < -0.39 is 11.4 Å². The van der Waals surface area contributed by atoms with Gasteiger partial charge in [-0.25, -0.2) is 9.97 Å². The molecular formula is C14H21N3O2. The molecule has 1 aromatic rings. The zero-order chi connectivity index (χ0) is 13.9. The fraction of sp³-hybridized carbons (Fsp3) is 0.643.